The number of hydrogen-bond donors (Lipinski definition) is 1. The zero-order valence-corrected chi connectivity index (χ0v) is 17.2. The molecule has 0 saturated heterocycles. The molecule has 5 rings (SSSR count). The zero-order valence-electron chi connectivity index (χ0n) is 17.2. The second kappa shape index (κ2) is 7.83. The number of benzene rings is 1. The van der Waals surface area contributed by atoms with Gasteiger partial charge in [0, 0.05) is 48.7 Å². The SMILES string of the molecule is Cc1ccc2[nH]c(=O)cc(C(=O)N3CCc4oc(CCc5cccnc5)nc4C3)c2c1. The fraction of sp³-hybridized carbons (Fsp3) is 0.250. The number of carbonyl (C=O) groups is 1. The minimum Gasteiger partial charge on any atom is -0.445 e. The lowest BCUT2D eigenvalue weighted by Crippen LogP contribution is -2.36. The largest absolute Gasteiger partial charge is 0.445 e. The molecule has 0 saturated carbocycles. The van der Waals surface area contributed by atoms with Gasteiger partial charge in [-0.2, -0.15) is 0 Å². The van der Waals surface area contributed by atoms with E-state index in [9.17, 15) is 9.59 Å². The summed E-state index contributed by atoms with van der Waals surface area (Å²) in [5.74, 6) is 1.37. The van der Waals surface area contributed by atoms with Crippen LogP contribution in [0.1, 0.15) is 38.8 Å². The summed E-state index contributed by atoms with van der Waals surface area (Å²) in [6.07, 6.45) is 5.70. The number of hydrogen-bond acceptors (Lipinski definition) is 5. The van der Waals surface area contributed by atoms with Crippen molar-refractivity contribution in [3.63, 3.8) is 0 Å². The monoisotopic (exact) mass is 414 g/mol. The highest BCUT2D eigenvalue weighted by atomic mass is 16.4. The number of aromatic nitrogens is 3. The van der Waals surface area contributed by atoms with Crippen LogP contribution in [0.4, 0.5) is 0 Å². The maximum absolute atomic E-state index is 13.3. The summed E-state index contributed by atoms with van der Waals surface area (Å²) in [6, 6.07) is 11.0. The van der Waals surface area contributed by atoms with Crippen molar-refractivity contribution in [3.8, 4) is 0 Å². The molecular formula is C24H22N4O3. The Bertz CT molecular complexity index is 1320. The van der Waals surface area contributed by atoms with Gasteiger partial charge in [-0.05, 0) is 37.1 Å². The fourth-order valence-electron chi connectivity index (χ4n) is 4.04. The fourth-order valence-corrected chi connectivity index (χ4v) is 4.04. The molecule has 0 unspecified atom stereocenters. The van der Waals surface area contributed by atoms with Gasteiger partial charge in [-0.3, -0.25) is 14.6 Å². The molecule has 0 fully saturated rings. The lowest BCUT2D eigenvalue weighted by molar-refractivity contribution is 0.0729. The van der Waals surface area contributed by atoms with E-state index in [-0.39, 0.29) is 11.5 Å². The predicted molar refractivity (Wildman–Crippen MR) is 116 cm³/mol. The van der Waals surface area contributed by atoms with Crippen molar-refractivity contribution in [1.82, 2.24) is 19.9 Å². The van der Waals surface area contributed by atoms with Crippen LogP contribution in [0, 0.1) is 6.92 Å². The maximum Gasteiger partial charge on any atom is 0.255 e. The Kier molecular flexibility index (Phi) is 4.86. The number of aromatic amines is 1. The van der Waals surface area contributed by atoms with Crippen molar-refractivity contribution in [3.05, 3.63) is 93.2 Å². The molecular weight excluding hydrogens is 392 g/mol. The van der Waals surface area contributed by atoms with Gasteiger partial charge in [0.25, 0.3) is 5.91 Å². The van der Waals surface area contributed by atoms with E-state index < -0.39 is 0 Å². The normalized spacial score (nSPS) is 13.4. The number of aryl methyl sites for hydroxylation is 3. The molecule has 7 nitrogen and oxygen atoms in total. The van der Waals surface area contributed by atoms with Gasteiger partial charge >= 0.3 is 0 Å². The van der Waals surface area contributed by atoms with Crippen LogP contribution in [-0.2, 0) is 25.8 Å². The summed E-state index contributed by atoms with van der Waals surface area (Å²) in [7, 11) is 0. The zero-order chi connectivity index (χ0) is 21.4. The van der Waals surface area contributed by atoms with Crippen LogP contribution < -0.4 is 5.56 Å². The first-order chi connectivity index (χ1) is 15.1. The van der Waals surface area contributed by atoms with E-state index in [4.69, 9.17) is 4.42 Å². The van der Waals surface area contributed by atoms with E-state index in [1.807, 2.05) is 43.5 Å². The second-order valence-electron chi connectivity index (χ2n) is 7.91. The van der Waals surface area contributed by atoms with Crippen molar-refractivity contribution in [1.29, 1.82) is 0 Å². The number of rotatable bonds is 4. The topological polar surface area (TPSA) is 92.1 Å². The number of nitrogens with zero attached hydrogens (tertiary/aromatic N) is 3. The summed E-state index contributed by atoms with van der Waals surface area (Å²) in [5.41, 5.74) is 3.77. The number of fused-ring (bicyclic) bond motifs is 2. The molecule has 0 atom stereocenters. The van der Waals surface area contributed by atoms with E-state index in [0.29, 0.717) is 42.9 Å². The van der Waals surface area contributed by atoms with Gasteiger partial charge in [0.15, 0.2) is 5.89 Å². The first kappa shape index (κ1) is 19.2. The quantitative estimate of drug-likeness (QED) is 0.554. The Morgan fingerprint density at radius 1 is 1.23 bits per heavy atom. The lowest BCUT2D eigenvalue weighted by Gasteiger charge is -2.25. The molecule has 1 amide bonds. The Labute approximate surface area is 178 Å². The average Bonchev–Trinajstić information content (AvgIpc) is 3.20. The molecule has 4 aromatic rings. The third-order valence-electron chi connectivity index (χ3n) is 5.64. The average molecular weight is 414 g/mol. The molecule has 3 aromatic heterocycles. The van der Waals surface area contributed by atoms with Crippen molar-refractivity contribution in [2.75, 3.05) is 6.54 Å². The minimum absolute atomic E-state index is 0.160. The van der Waals surface area contributed by atoms with Gasteiger partial charge in [-0.25, -0.2) is 4.98 Å². The molecule has 7 heteroatoms. The molecule has 0 spiro atoms. The summed E-state index contributed by atoms with van der Waals surface area (Å²) < 4.78 is 5.94. The van der Waals surface area contributed by atoms with E-state index >= 15 is 0 Å². The Balaban J connectivity index is 1.37. The molecule has 0 radical (unpaired) electrons. The van der Waals surface area contributed by atoms with E-state index in [1.54, 1.807) is 11.1 Å². The Morgan fingerprint density at radius 3 is 2.97 bits per heavy atom. The maximum atomic E-state index is 13.3. The highest BCUT2D eigenvalue weighted by Crippen LogP contribution is 2.24. The number of H-pyrrole nitrogens is 1. The molecule has 1 aliphatic rings. The van der Waals surface area contributed by atoms with E-state index in [0.717, 1.165) is 34.4 Å². The van der Waals surface area contributed by atoms with Gasteiger partial charge in [-0.1, -0.05) is 17.7 Å². The number of amides is 1. The highest BCUT2D eigenvalue weighted by molar-refractivity contribution is 6.06. The number of pyridine rings is 2. The Morgan fingerprint density at radius 2 is 2.13 bits per heavy atom. The summed E-state index contributed by atoms with van der Waals surface area (Å²) in [6.45, 7) is 2.88. The van der Waals surface area contributed by atoms with Crippen LogP contribution in [0.5, 0.6) is 0 Å². The van der Waals surface area contributed by atoms with Crippen molar-refractivity contribution in [2.45, 2.75) is 32.7 Å². The number of carbonyl (C=O) groups excluding carboxylic acids is 1. The van der Waals surface area contributed by atoms with Crippen molar-refractivity contribution < 1.29 is 9.21 Å². The van der Waals surface area contributed by atoms with E-state index in [1.165, 1.54) is 6.07 Å². The van der Waals surface area contributed by atoms with Crippen LogP contribution in [0.3, 0.4) is 0 Å². The number of oxazole rings is 1. The lowest BCUT2D eigenvalue weighted by atomic mass is 10.0. The standard InChI is InChI=1S/C24H22N4O3/c1-15-4-6-19-17(11-15)18(12-22(29)26-19)24(30)28-10-8-21-20(14-28)27-23(31-21)7-5-16-3-2-9-25-13-16/h2-4,6,9,11-13H,5,7-8,10,14H2,1H3,(H,26,29). The molecule has 1 aromatic carbocycles. The van der Waals surface area contributed by atoms with E-state index in [2.05, 4.69) is 15.0 Å². The van der Waals surface area contributed by atoms with Crippen LogP contribution >= 0.6 is 0 Å². The van der Waals surface area contributed by atoms with Crippen molar-refractivity contribution >= 4 is 16.8 Å². The number of nitrogens with one attached hydrogen (secondary N) is 1. The molecule has 156 valence electrons. The molecule has 0 aliphatic carbocycles. The summed E-state index contributed by atoms with van der Waals surface area (Å²) in [4.78, 5) is 38.7. The molecule has 0 bridgehead atoms. The van der Waals surface area contributed by atoms with Gasteiger partial charge in [0.05, 0.1) is 12.1 Å². The molecule has 1 aliphatic heterocycles. The summed E-state index contributed by atoms with van der Waals surface area (Å²) >= 11 is 0. The van der Waals surface area contributed by atoms with Crippen molar-refractivity contribution in [2.24, 2.45) is 0 Å². The highest BCUT2D eigenvalue weighted by Gasteiger charge is 2.27. The predicted octanol–water partition coefficient (Wildman–Crippen LogP) is 3.20. The van der Waals surface area contributed by atoms with Gasteiger partial charge < -0.3 is 14.3 Å². The Hall–Kier alpha value is -3.74. The molecule has 31 heavy (non-hydrogen) atoms. The van der Waals surface area contributed by atoms with Crippen LogP contribution in [0.25, 0.3) is 10.9 Å². The van der Waals surface area contributed by atoms with Gasteiger partial charge in [0.1, 0.15) is 11.5 Å². The first-order valence-electron chi connectivity index (χ1n) is 10.4. The van der Waals surface area contributed by atoms with Gasteiger partial charge in [-0.15, -0.1) is 0 Å². The van der Waals surface area contributed by atoms with Crippen LogP contribution in [0.2, 0.25) is 0 Å². The van der Waals surface area contributed by atoms with Gasteiger partial charge in [0.2, 0.25) is 5.56 Å². The third kappa shape index (κ3) is 3.86. The first-order valence-corrected chi connectivity index (χ1v) is 10.4. The third-order valence-corrected chi connectivity index (χ3v) is 5.64. The minimum atomic E-state index is -0.281. The second-order valence-corrected chi connectivity index (χ2v) is 7.91. The molecule has 1 N–H and O–H groups in total. The smallest absolute Gasteiger partial charge is 0.255 e. The molecule has 4 heterocycles. The van der Waals surface area contributed by atoms with Crippen LogP contribution in [-0.4, -0.2) is 32.3 Å². The summed E-state index contributed by atoms with van der Waals surface area (Å²) in [5, 5.41) is 0.757. The van der Waals surface area contributed by atoms with Crippen LogP contribution in [0.15, 0.2) is 58.0 Å².